The summed E-state index contributed by atoms with van der Waals surface area (Å²) in [6.07, 6.45) is 2.81. The molecule has 0 bridgehead atoms. The number of phenolic OH excluding ortho intramolecular Hbond substituents is 1. The molecule has 23 N–H and O–H groups in total. The Labute approximate surface area is 817 Å². The van der Waals surface area contributed by atoms with Crippen LogP contribution in [0.25, 0.3) is 10.9 Å². The number of aromatic amines is 1. The van der Waals surface area contributed by atoms with Crippen molar-refractivity contribution >= 4 is 129 Å². The molecule has 140 heavy (non-hydrogen) atoms. The number of aromatic hydroxyl groups is 1. The first kappa shape index (κ1) is 119. The molecule has 41 nitrogen and oxygen atoms in total. The summed E-state index contributed by atoms with van der Waals surface area (Å²) < 4.78 is 0. The standard InChI is InChI=1S/C98H144N18O23.CH4/c1-53(2)45-66-52-103-70(39-41-76(99)120)82(126)81(125)57(7)105-88(132)75(49-65-51-102-69-34-28-27-33-68(65)69)110-89(133)73(48-64-35-37-67(119)38-36-64)109-87(131)71(40-42-77(121)122)112-95(139)98(16,116-91(135)74(47-63-31-25-24-26-32-63)111-92(136)78(61(11)117)113-90(134)72(46-54(3)4)108-62(12)118)44-30-23-21-19-17-18-20-22-29-43-97(15,115-86(66)130)94(138)107-60(10)85(129)114-96(13,14)93(137)106-58(8)80(124)79(123)56(6)104-84(128)59(9)101-50-55(5)83(100)127;/h18,20,24-28,31-38,51,53-61,66,70-75,78,101-103,117,119H,17,19,21-23,29-30,39-50,52H2,1-16H3,(H2,99,120)(H2,100,127)(H,104,128)(H,105,132)(H,106,137)(H,107,138)(H,108,118)(H,109,131)(H,110,133)(H,111,136)(H,112,139)(H,113,134)(H,114,129)(H,115,130)(H,116,135)(H,121,122);1H4/b20-18+;/t55-,56-,57-,58-,59?,60?,61+,66+,70-,71-,72-,73?,74-,75-,78-,97-,98+;/m0./s1. The molecule has 3 aromatic carbocycles. The third-order valence-electron chi connectivity index (χ3n) is 24.0. The first-order valence-electron chi connectivity index (χ1n) is 47.3. The minimum atomic E-state index is -2.08. The molecule has 17 atom stereocenters. The Morgan fingerprint density at radius 3 is 1.74 bits per heavy atom. The second-order valence-corrected chi connectivity index (χ2v) is 38.0. The summed E-state index contributed by atoms with van der Waals surface area (Å²) in [4.78, 5) is 285. The fourth-order valence-corrected chi connectivity index (χ4v) is 15.5. The Morgan fingerprint density at radius 1 is 0.557 bits per heavy atom. The number of primary amides is 2. The van der Waals surface area contributed by atoms with E-state index >= 15 is 33.6 Å². The van der Waals surface area contributed by atoms with Crippen molar-refractivity contribution in [3.8, 4) is 5.75 Å². The summed E-state index contributed by atoms with van der Waals surface area (Å²) in [6.45, 7) is 22.6. The van der Waals surface area contributed by atoms with Gasteiger partial charge in [0.1, 0.15) is 64.7 Å². The zero-order valence-electron chi connectivity index (χ0n) is 82.4. The predicted octanol–water partition coefficient (Wildman–Crippen LogP) is 1.76. The average Bonchev–Trinajstić information content (AvgIpc) is 1.08. The third kappa shape index (κ3) is 38.9. The molecular weight excluding hydrogens is 1810 g/mol. The maximum absolute atomic E-state index is 15.6. The molecule has 0 aliphatic carbocycles. The quantitative estimate of drug-likeness (QED) is 0.0223. The van der Waals surface area contributed by atoms with E-state index in [1.165, 1.54) is 100 Å². The molecule has 0 fully saturated rings. The van der Waals surface area contributed by atoms with Gasteiger partial charge in [-0.25, -0.2) is 0 Å². The molecule has 2 heterocycles. The first-order valence-corrected chi connectivity index (χ1v) is 47.3. The van der Waals surface area contributed by atoms with Crippen LogP contribution in [0.2, 0.25) is 0 Å². The summed E-state index contributed by atoms with van der Waals surface area (Å²) in [7, 11) is 0. The van der Waals surface area contributed by atoms with Crippen LogP contribution in [-0.4, -0.2) is 246 Å². The lowest BCUT2D eigenvalue weighted by atomic mass is 9.89. The number of aromatic nitrogens is 1. The van der Waals surface area contributed by atoms with E-state index in [4.69, 9.17) is 11.5 Å². The van der Waals surface area contributed by atoms with Gasteiger partial charge >= 0.3 is 5.97 Å². The molecule has 1 aliphatic rings. The highest BCUT2D eigenvalue weighted by atomic mass is 16.4. The van der Waals surface area contributed by atoms with Crippen molar-refractivity contribution in [1.29, 1.82) is 0 Å². The molecule has 4 aromatic rings. The number of nitrogens with one attached hydrogen (secondary N) is 16. The maximum atomic E-state index is 15.6. The molecule has 3 unspecified atom stereocenters. The molecule has 0 saturated heterocycles. The maximum Gasteiger partial charge on any atom is 0.303 e. The molecule has 1 aliphatic heterocycles. The average molecular weight is 1960 g/mol. The van der Waals surface area contributed by atoms with Gasteiger partial charge in [-0.05, 0) is 180 Å². The van der Waals surface area contributed by atoms with E-state index in [0.717, 1.165) is 0 Å². The van der Waals surface area contributed by atoms with E-state index in [-0.39, 0.29) is 89.5 Å². The Bertz CT molecular complexity index is 5020. The molecule has 41 heteroatoms. The number of H-pyrrole nitrogens is 1. The van der Waals surface area contributed by atoms with Gasteiger partial charge in [0.25, 0.3) is 0 Å². The van der Waals surface area contributed by atoms with Gasteiger partial charge < -0.3 is 112 Å². The zero-order valence-corrected chi connectivity index (χ0v) is 82.4. The predicted molar refractivity (Wildman–Crippen MR) is 521 cm³/mol. The van der Waals surface area contributed by atoms with Crippen molar-refractivity contribution in [3.63, 3.8) is 0 Å². The van der Waals surface area contributed by atoms with Crippen LogP contribution in [0.4, 0.5) is 0 Å². The Kier molecular flexibility index (Phi) is 48.3. The highest BCUT2D eigenvalue weighted by molar-refractivity contribution is 6.42. The molecule has 0 spiro atoms. The molecular formula is C99H148N18O23. The number of carboxylic acids is 1. The van der Waals surface area contributed by atoms with Gasteiger partial charge in [0.05, 0.1) is 42.2 Å². The van der Waals surface area contributed by atoms with Crippen LogP contribution in [0.3, 0.4) is 0 Å². The number of amides is 15. The normalized spacial score (nSPS) is 21.7. The van der Waals surface area contributed by atoms with Gasteiger partial charge in [-0.3, -0.25) is 95.9 Å². The van der Waals surface area contributed by atoms with E-state index < -0.39 is 257 Å². The highest BCUT2D eigenvalue weighted by Crippen LogP contribution is 2.26. The number of hydrogen-bond donors (Lipinski definition) is 21. The Balaban J connectivity index is 0.0000409. The van der Waals surface area contributed by atoms with Crippen molar-refractivity contribution in [2.75, 3.05) is 13.1 Å². The van der Waals surface area contributed by atoms with Crippen LogP contribution in [-0.2, 0) is 115 Å². The SMILES string of the molecule is C.CC(=O)N[C@@H](CC(C)C)C(=O)N[C@H](C(=O)N[C@@H](Cc1ccccc1)C(=O)N[C@]1(C)CCCCCC/C=C/CCC[C@@](C)(C(=O)NC(C)C(=O)NC(C)(C)C(=O)N[C@@H](C)C(=O)C(=O)[C@H](C)NC(=O)C(C)NC[C@H](C)C(N)=O)NC(=O)[C@H](CC(C)C)CN[C@@H](CCC(N)=O)C(=O)C(=O)[C@H](C)NC(=O)[C@H](Cc2c[nH]c3ccccc23)NC(=O)C(Cc2ccc(O)cc2)NC(=O)[C@H](CCC(=O)O)NC1=O)[C@@H](C)O. The summed E-state index contributed by atoms with van der Waals surface area (Å²) in [5.41, 5.74) is 6.99. The third-order valence-corrected chi connectivity index (χ3v) is 24.0. The van der Waals surface area contributed by atoms with Gasteiger partial charge in [0, 0.05) is 75.1 Å². The number of nitrogens with two attached hydrogens (primary N) is 2. The number of aliphatic hydroxyl groups excluding tert-OH is 1. The number of para-hydroxylation sites is 1. The topological polar surface area (TPSA) is 650 Å². The Hall–Kier alpha value is -13.2. The number of carbonyl (C=O) groups is 20. The van der Waals surface area contributed by atoms with Gasteiger partial charge in [-0.15, -0.1) is 0 Å². The lowest BCUT2D eigenvalue weighted by Gasteiger charge is -2.34. The minimum absolute atomic E-state index is 0. The minimum Gasteiger partial charge on any atom is -0.508 e. The van der Waals surface area contributed by atoms with E-state index in [1.54, 1.807) is 95.4 Å². The van der Waals surface area contributed by atoms with Crippen molar-refractivity contribution in [2.45, 2.75) is 329 Å². The van der Waals surface area contributed by atoms with Gasteiger partial charge in [-0.1, -0.05) is 134 Å². The van der Waals surface area contributed by atoms with Crippen LogP contribution < -0.4 is 91.2 Å². The van der Waals surface area contributed by atoms with Crippen molar-refractivity contribution in [3.05, 3.63) is 114 Å². The van der Waals surface area contributed by atoms with Gasteiger partial charge in [0.2, 0.25) is 112 Å². The molecule has 0 saturated carbocycles. The van der Waals surface area contributed by atoms with Gasteiger partial charge in [0.15, 0.2) is 0 Å². The molecule has 5 rings (SSSR count). The van der Waals surface area contributed by atoms with Gasteiger partial charge in [-0.2, -0.15) is 0 Å². The number of carbonyl (C=O) groups excluding carboxylic acids is 19. The number of carboxylic acid groups (broad SMARTS) is 1. The first-order chi connectivity index (χ1) is 65.1. The largest absolute Gasteiger partial charge is 0.508 e. The second kappa shape index (κ2) is 56.8. The smallest absolute Gasteiger partial charge is 0.303 e. The summed E-state index contributed by atoms with van der Waals surface area (Å²) in [5.74, 6) is -21.8. The number of Topliss-reactive ketones (excluding diaryl/α,β-unsaturated/α-hetero) is 4. The number of ketones is 4. The molecule has 1 aromatic heterocycles. The number of allylic oxidation sites excluding steroid dienone is 2. The van der Waals surface area contributed by atoms with Crippen LogP contribution >= 0.6 is 0 Å². The summed E-state index contributed by atoms with van der Waals surface area (Å²) >= 11 is 0. The number of benzene rings is 3. The lowest BCUT2D eigenvalue weighted by molar-refractivity contribution is -0.141. The summed E-state index contributed by atoms with van der Waals surface area (Å²) in [6, 6.07) is 2.38. The molecule has 0 radical (unpaired) electrons. The fraction of sp³-hybridized carbons (Fsp3) is 0.576. The van der Waals surface area contributed by atoms with E-state index in [0.29, 0.717) is 59.7 Å². The van der Waals surface area contributed by atoms with E-state index in [2.05, 4.69) is 84.7 Å². The number of fused-ring (bicyclic) bond motifs is 1. The second-order valence-electron chi connectivity index (χ2n) is 38.0. The lowest BCUT2D eigenvalue weighted by Crippen LogP contribution is -2.65. The monoisotopic (exact) mass is 1960 g/mol. The van der Waals surface area contributed by atoms with Crippen molar-refractivity contribution < 1.29 is 111 Å². The number of aliphatic hydroxyl groups is 1. The van der Waals surface area contributed by atoms with E-state index in [9.17, 15) is 77.6 Å². The number of rotatable bonds is 39. The number of phenols is 1. The van der Waals surface area contributed by atoms with Crippen LogP contribution in [0, 0.1) is 23.7 Å². The Morgan fingerprint density at radius 2 is 1.14 bits per heavy atom. The van der Waals surface area contributed by atoms with Crippen LogP contribution in [0.5, 0.6) is 5.75 Å². The van der Waals surface area contributed by atoms with Crippen LogP contribution in [0.1, 0.15) is 231 Å². The summed E-state index contributed by atoms with van der Waals surface area (Å²) in [5, 5.41) is 72.1. The molecule has 15 amide bonds. The van der Waals surface area contributed by atoms with Crippen molar-refractivity contribution in [1.82, 2.24) is 84.7 Å². The van der Waals surface area contributed by atoms with Crippen molar-refractivity contribution in [2.24, 2.45) is 35.1 Å². The fourth-order valence-electron chi connectivity index (χ4n) is 15.5. The highest BCUT2D eigenvalue weighted by Gasteiger charge is 2.45. The van der Waals surface area contributed by atoms with E-state index in [1.807, 2.05) is 12.2 Å². The number of aliphatic carboxylic acids is 1. The van der Waals surface area contributed by atoms with Crippen LogP contribution in [0.15, 0.2) is 97.2 Å². The molecule has 772 valence electrons. The number of hydrogen-bond acceptors (Lipinski definition) is 24. The zero-order chi connectivity index (χ0) is 104.